The third-order valence-electron chi connectivity index (χ3n) is 3.20. The van der Waals surface area contributed by atoms with Crippen LogP contribution in [-0.2, 0) is 0 Å². The lowest BCUT2D eigenvalue weighted by Gasteiger charge is -2.12. The van der Waals surface area contributed by atoms with Crippen LogP contribution in [0.5, 0.6) is 0 Å². The normalized spacial score (nSPS) is 33.5. The minimum atomic E-state index is 0.829. The molecule has 0 saturated heterocycles. The molecule has 0 spiro atoms. The molecule has 0 aromatic heterocycles. The second kappa shape index (κ2) is 5.58. The number of rotatable bonds is 1. The van der Waals surface area contributed by atoms with Crippen molar-refractivity contribution in [3.05, 3.63) is 0 Å². The first-order chi connectivity index (χ1) is 5.83. The van der Waals surface area contributed by atoms with Gasteiger partial charge in [-0.2, -0.15) is 0 Å². The molecule has 2 atom stereocenters. The van der Waals surface area contributed by atoms with Gasteiger partial charge in [-0.1, -0.05) is 39.0 Å². The molecular weight excluding hydrogens is 146 g/mol. The number of hydrogen-bond donors (Lipinski definition) is 1. The van der Waals surface area contributed by atoms with Crippen molar-refractivity contribution in [2.45, 2.75) is 51.9 Å². The lowest BCUT2D eigenvalue weighted by atomic mass is 9.96. The fraction of sp³-hybridized carbons (Fsp3) is 1.00. The molecule has 72 valence electrons. The average molecular weight is 169 g/mol. The Hall–Kier alpha value is -0.0400. The first-order valence-corrected chi connectivity index (χ1v) is 5.53. The maximum atomic E-state index is 5.71. The molecule has 1 aliphatic rings. The van der Waals surface area contributed by atoms with Crippen LogP contribution in [0.3, 0.4) is 0 Å². The molecule has 0 bridgehead atoms. The van der Waals surface area contributed by atoms with Gasteiger partial charge in [0.2, 0.25) is 0 Å². The molecule has 0 heterocycles. The van der Waals surface area contributed by atoms with Gasteiger partial charge in [0.05, 0.1) is 0 Å². The van der Waals surface area contributed by atoms with Crippen molar-refractivity contribution >= 4 is 0 Å². The van der Waals surface area contributed by atoms with Gasteiger partial charge in [-0.15, -0.1) is 0 Å². The largest absolute Gasteiger partial charge is 0.330 e. The average Bonchev–Trinajstić information content (AvgIpc) is 2.17. The Kier molecular flexibility index (Phi) is 4.67. The summed E-state index contributed by atoms with van der Waals surface area (Å²) < 4.78 is 0. The van der Waals surface area contributed by atoms with Crippen molar-refractivity contribution in [2.75, 3.05) is 6.54 Å². The summed E-state index contributed by atoms with van der Waals surface area (Å²) in [5.74, 6) is 1.79. The van der Waals surface area contributed by atoms with E-state index in [2.05, 4.69) is 6.92 Å². The zero-order valence-corrected chi connectivity index (χ0v) is 8.39. The Morgan fingerprint density at radius 2 is 1.58 bits per heavy atom. The molecule has 0 radical (unpaired) electrons. The summed E-state index contributed by atoms with van der Waals surface area (Å²) in [4.78, 5) is 0. The van der Waals surface area contributed by atoms with E-state index in [4.69, 9.17) is 5.73 Å². The highest BCUT2D eigenvalue weighted by atomic mass is 14.5. The maximum absolute atomic E-state index is 5.71. The van der Waals surface area contributed by atoms with Crippen LogP contribution in [0.2, 0.25) is 0 Å². The van der Waals surface area contributed by atoms with Crippen molar-refractivity contribution in [1.29, 1.82) is 0 Å². The van der Waals surface area contributed by atoms with E-state index >= 15 is 0 Å². The molecule has 1 aliphatic carbocycles. The Bertz CT molecular complexity index is 112. The Morgan fingerprint density at radius 3 is 2.33 bits per heavy atom. The predicted molar refractivity (Wildman–Crippen MR) is 54.0 cm³/mol. The highest BCUT2D eigenvalue weighted by Gasteiger charge is 2.11. The molecular formula is C11H23N. The van der Waals surface area contributed by atoms with Gasteiger partial charge in [0.15, 0.2) is 0 Å². The molecule has 1 saturated carbocycles. The second-order valence-corrected chi connectivity index (χ2v) is 4.42. The summed E-state index contributed by atoms with van der Waals surface area (Å²) >= 11 is 0. The fourth-order valence-corrected chi connectivity index (χ4v) is 2.21. The van der Waals surface area contributed by atoms with E-state index in [-0.39, 0.29) is 0 Å². The van der Waals surface area contributed by atoms with Gasteiger partial charge >= 0.3 is 0 Å². The van der Waals surface area contributed by atoms with E-state index in [0.29, 0.717) is 0 Å². The quantitative estimate of drug-likeness (QED) is 0.641. The van der Waals surface area contributed by atoms with Crippen LogP contribution in [0.25, 0.3) is 0 Å². The van der Waals surface area contributed by atoms with Crippen molar-refractivity contribution in [2.24, 2.45) is 17.6 Å². The van der Waals surface area contributed by atoms with E-state index in [1.165, 1.54) is 44.9 Å². The number of hydrogen-bond acceptors (Lipinski definition) is 1. The zero-order valence-electron chi connectivity index (χ0n) is 8.39. The monoisotopic (exact) mass is 169 g/mol. The van der Waals surface area contributed by atoms with Crippen LogP contribution < -0.4 is 5.73 Å². The van der Waals surface area contributed by atoms with E-state index in [9.17, 15) is 0 Å². The third-order valence-corrected chi connectivity index (χ3v) is 3.20. The molecule has 0 aromatic carbocycles. The van der Waals surface area contributed by atoms with E-state index in [1.807, 2.05) is 0 Å². The Labute approximate surface area is 76.7 Å². The molecule has 0 aromatic rings. The maximum Gasteiger partial charge on any atom is -0.00489 e. The summed E-state index contributed by atoms with van der Waals surface area (Å²) in [5, 5.41) is 0. The van der Waals surface area contributed by atoms with Crippen LogP contribution in [0.15, 0.2) is 0 Å². The fourth-order valence-electron chi connectivity index (χ4n) is 2.21. The standard InChI is InChI=1S/C11H23N/c1-10-5-2-3-7-11(9-12)8-4-6-10/h10-11H,2-9,12H2,1H3. The Balaban J connectivity index is 2.26. The van der Waals surface area contributed by atoms with Gasteiger partial charge in [-0.05, 0) is 31.2 Å². The minimum Gasteiger partial charge on any atom is -0.330 e. The van der Waals surface area contributed by atoms with Crippen molar-refractivity contribution < 1.29 is 0 Å². The summed E-state index contributed by atoms with van der Waals surface area (Å²) in [6, 6.07) is 0. The van der Waals surface area contributed by atoms with Crippen LogP contribution in [0, 0.1) is 11.8 Å². The van der Waals surface area contributed by atoms with Crippen LogP contribution in [0.4, 0.5) is 0 Å². The lowest BCUT2D eigenvalue weighted by molar-refractivity contribution is 0.429. The van der Waals surface area contributed by atoms with Gasteiger partial charge in [-0.3, -0.25) is 0 Å². The van der Waals surface area contributed by atoms with Crippen molar-refractivity contribution in [3.63, 3.8) is 0 Å². The minimum absolute atomic E-state index is 0.829. The molecule has 0 aliphatic heterocycles. The van der Waals surface area contributed by atoms with Gasteiger partial charge in [0.25, 0.3) is 0 Å². The van der Waals surface area contributed by atoms with Gasteiger partial charge in [-0.25, -0.2) is 0 Å². The van der Waals surface area contributed by atoms with E-state index in [0.717, 1.165) is 18.4 Å². The molecule has 1 rings (SSSR count). The molecule has 1 fully saturated rings. The highest BCUT2D eigenvalue weighted by Crippen LogP contribution is 2.24. The van der Waals surface area contributed by atoms with Crippen molar-refractivity contribution in [3.8, 4) is 0 Å². The molecule has 0 amide bonds. The third kappa shape index (κ3) is 3.57. The predicted octanol–water partition coefficient (Wildman–Crippen LogP) is 2.94. The van der Waals surface area contributed by atoms with Gasteiger partial charge in [0.1, 0.15) is 0 Å². The first kappa shape index (κ1) is 10.0. The summed E-state index contributed by atoms with van der Waals surface area (Å²) in [6.07, 6.45) is 9.87. The van der Waals surface area contributed by atoms with Crippen LogP contribution >= 0.6 is 0 Å². The molecule has 12 heavy (non-hydrogen) atoms. The molecule has 2 N–H and O–H groups in total. The SMILES string of the molecule is CC1CCCCC(CN)CCC1. The lowest BCUT2D eigenvalue weighted by Crippen LogP contribution is -2.13. The molecule has 1 nitrogen and oxygen atoms in total. The Morgan fingerprint density at radius 1 is 1.00 bits per heavy atom. The molecule has 2 unspecified atom stereocenters. The van der Waals surface area contributed by atoms with E-state index < -0.39 is 0 Å². The van der Waals surface area contributed by atoms with Crippen molar-refractivity contribution in [1.82, 2.24) is 0 Å². The molecule has 1 heteroatoms. The highest BCUT2D eigenvalue weighted by molar-refractivity contribution is 4.65. The smallest absolute Gasteiger partial charge is 0.00489 e. The summed E-state index contributed by atoms with van der Waals surface area (Å²) in [7, 11) is 0. The van der Waals surface area contributed by atoms with E-state index in [1.54, 1.807) is 0 Å². The van der Waals surface area contributed by atoms with Crippen LogP contribution in [-0.4, -0.2) is 6.54 Å². The summed E-state index contributed by atoms with van der Waals surface area (Å²) in [5.41, 5.74) is 5.71. The first-order valence-electron chi connectivity index (χ1n) is 5.53. The number of nitrogens with two attached hydrogens (primary N) is 1. The summed E-state index contributed by atoms with van der Waals surface area (Å²) in [6.45, 7) is 3.30. The topological polar surface area (TPSA) is 26.0 Å². The van der Waals surface area contributed by atoms with Gasteiger partial charge < -0.3 is 5.73 Å². The second-order valence-electron chi connectivity index (χ2n) is 4.42. The van der Waals surface area contributed by atoms with Gasteiger partial charge in [0, 0.05) is 0 Å². The zero-order chi connectivity index (χ0) is 8.81. The van der Waals surface area contributed by atoms with Crippen LogP contribution in [0.1, 0.15) is 51.9 Å².